The van der Waals surface area contributed by atoms with E-state index in [-0.39, 0.29) is 25.9 Å². The molecule has 0 atom stereocenters. The highest BCUT2D eigenvalue weighted by Gasteiger charge is 2.32. The lowest BCUT2D eigenvalue weighted by molar-refractivity contribution is 0.0296. The van der Waals surface area contributed by atoms with Crippen LogP contribution in [0.4, 0.5) is 4.79 Å². The first-order chi connectivity index (χ1) is 11.5. The molecule has 0 saturated carbocycles. The second kappa shape index (κ2) is 6.34. The van der Waals surface area contributed by atoms with Gasteiger partial charge in [-0.2, -0.15) is 0 Å². The number of hydrogen-bond donors (Lipinski definition) is 2. The number of carboxylic acid groups (broad SMARTS) is 1. The summed E-state index contributed by atoms with van der Waals surface area (Å²) >= 11 is 0. The Kier molecular flexibility index (Phi) is 4.23. The van der Waals surface area contributed by atoms with Gasteiger partial charge in [-0.3, -0.25) is 4.98 Å². The fourth-order valence-corrected chi connectivity index (χ4v) is 2.60. The minimum Gasteiger partial charge on any atom is -0.481 e. The van der Waals surface area contributed by atoms with Crippen LogP contribution in [0.3, 0.4) is 0 Å². The van der Waals surface area contributed by atoms with Crippen molar-refractivity contribution in [2.45, 2.75) is 18.4 Å². The fraction of sp³-hybridized carbons (Fsp3) is 0.353. The Morgan fingerprint density at radius 2 is 2.08 bits per heavy atom. The molecule has 2 aromatic heterocycles. The van der Waals surface area contributed by atoms with E-state index in [0.717, 1.165) is 0 Å². The van der Waals surface area contributed by atoms with Crippen LogP contribution in [0.25, 0.3) is 11.0 Å². The van der Waals surface area contributed by atoms with Gasteiger partial charge in [0.05, 0.1) is 18.2 Å². The van der Waals surface area contributed by atoms with Crippen LogP contribution in [0.5, 0.6) is 5.88 Å². The van der Waals surface area contributed by atoms with E-state index in [4.69, 9.17) is 9.84 Å². The van der Waals surface area contributed by atoms with Crippen LogP contribution in [0.2, 0.25) is 0 Å². The Hall–Kier alpha value is -2.85. The van der Waals surface area contributed by atoms with E-state index < -0.39 is 11.7 Å². The fourth-order valence-electron chi connectivity index (χ4n) is 2.60. The first-order valence-electron chi connectivity index (χ1n) is 7.54. The maximum Gasteiger partial charge on any atom is 0.407 e. The van der Waals surface area contributed by atoms with E-state index in [9.17, 15) is 9.90 Å². The summed E-state index contributed by atoms with van der Waals surface area (Å²) in [7, 11) is 1.54. The molecule has 2 aromatic rings. The lowest BCUT2D eigenvalue weighted by Crippen LogP contribution is -2.45. The van der Waals surface area contributed by atoms with E-state index in [1.54, 1.807) is 24.4 Å². The highest BCUT2D eigenvalue weighted by Crippen LogP contribution is 2.22. The molecule has 2 N–H and O–H groups in total. The molecular weight excluding hydrogens is 310 g/mol. The molecule has 0 bridgehead atoms. The number of rotatable bonds is 1. The smallest absolute Gasteiger partial charge is 0.407 e. The van der Waals surface area contributed by atoms with Gasteiger partial charge in [0.1, 0.15) is 11.1 Å². The van der Waals surface area contributed by atoms with E-state index in [2.05, 4.69) is 21.8 Å². The van der Waals surface area contributed by atoms with Crippen molar-refractivity contribution in [3.8, 4) is 17.7 Å². The van der Waals surface area contributed by atoms with Crippen molar-refractivity contribution in [3.63, 3.8) is 0 Å². The molecule has 0 unspecified atom stereocenters. The summed E-state index contributed by atoms with van der Waals surface area (Å²) in [5.74, 6) is 6.31. The van der Waals surface area contributed by atoms with Crippen LogP contribution in [0.1, 0.15) is 18.4 Å². The van der Waals surface area contributed by atoms with E-state index in [1.165, 1.54) is 12.0 Å². The highest BCUT2D eigenvalue weighted by molar-refractivity contribution is 5.81. The van der Waals surface area contributed by atoms with Crippen LogP contribution in [0.15, 0.2) is 24.4 Å². The Labute approximate surface area is 138 Å². The first kappa shape index (κ1) is 16.0. The number of fused-ring (bicyclic) bond motifs is 1. The van der Waals surface area contributed by atoms with Crippen molar-refractivity contribution in [2.75, 3.05) is 20.2 Å². The third kappa shape index (κ3) is 3.24. The van der Waals surface area contributed by atoms with Gasteiger partial charge in [-0.25, -0.2) is 9.78 Å². The second-order valence-electron chi connectivity index (χ2n) is 5.63. The number of carbonyl (C=O) groups is 1. The molecule has 24 heavy (non-hydrogen) atoms. The van der Waals surface area contributed by atoms with Crippen molar-refractivity contribution in [3.05, 3.63) is 30.0 Å². The van der Waals surface area contributed by atoms with E-state index in [1.807, 2.05) is 0 Å². The average molecular weight is 327 g/mol. The number of ether oxygens (including phenoxy) is 1. The Morgan fingerprint density at radius 1 is 1.33 bits per heavy atom. The van der Waals surface area contributed by atoms with Crippen LogP contribution in [-0.4, -0.2) is 57.0 Å². The molecule has 1 amide bonds. The minimum atomic E-state index is -1.19. The van der Waals surface area contributed by atoms with Gasteiger partial charge in [0.15, 0.2) is 0 Å². The van der Waals surface area contributed by atoms with Crippen LogP contribution < -0.4 is 4.74 Å². The van der Waals surface area contributed by atoms with Crippen molar-refractivity contribution in [1.29, 1.82) is 0 Å². The molecule has 7 heteroatoms. The van der Waals surface area contributed by atoms with Crippen molar-refractivity contribution in [2.24, 2.45) is 0 Å². The third-order valence-corrected chi connectivity index (χ3v) is 4.06. The molecule has 1 fully saturated rings. The molecule has 3 rings (SSSR count). The molecule has 124 valence electrons. The van der Waals surface area contributed by atoms with Gasteiger partial charge in [-0.05, 0) is 12.1 Å². The second-order valence-corrected chi connectivity index (χ2v) is 5.63. The number of aromatic nitrogens is 2. The predicted molar refractivity (Wildman–Crippen MR) is 86.7 cm³/mol. The van der Waals surface area contributed by atoms with Crippen molar-refractivity contribution in [1.82, 2.24) is 14.9 Å². The van der Waals surface area contributed by atoms with E-state index >= 15 is 0 Å². The van der Waals surface area contributed by atoms with Crippen LogP contribution in [0, 0.1) is 11.8 Å². The van der Waals surface area contributed by atoms with Crippen LogP contribution in [-0.2, 0) is 0 Å². The van der Waals surface area contributed by atoms with Crippen LogP contribution >= 0.6 is 0 Å². The Morgan fingerprint density at radius 3 is 2.75 bits per heavy atom. The van der Waals surface area contributed by atoms with Gasteiger partial charge >= 0.3 is 6.09 Å². The number of likely N-dealkylation sites (tertiary alicyclic amines) is 1. The average Bonchev–Trinajstić information content (AvgIpc) is 2.60. The number of hydrogen-bond acceptors (Lipinski definition) is 5. The monoisotopic (exact) mass is 327 g/mol. The third-order valence-electron chi connectivity index (χ3n) is 4.06. The van der Waals surface area contributed by atoms with Gasteiger partial charge in [-0.1, -0.05) is 11.8 Å². The summed E-state index contributed by atoms with van der Waals surface area (Å²) in [5, 5.41) is 19.5. The summed E-state index contributed by atoms with van der Waals surface area (Å²) in [4.78, 5) is 20.8. The Bertz CT molecular complexity index is 833. The van der Waals surface area contributed by atoms with Gasteiger partial charge < -0.3 is 19.8 Å². The molecule has 0 radical (unpaired) electrons. The lowest BCUT2D eigenvalue weighted by Gasteiger charge is -2.33. The molecule has 3 heterocycles. The number of aliphatic hydroxyl groups is 1. The van der Waals surface area contributed by atoms with Crippen molar-refractivity contribution >= 4 is 17.1 Å². The summed E-state index contributed by atoms with van der Waals surface area (Å²) < 4.78 is 5.13. The highest BCUT2D eigenvalue weighted by atomic mass is 16.5. The maximum atomic E-state index is 10.9. The van der Waals surface area contributed by atoms with E-state index in [0.29, 0.717) is 22.5 Å². The number of amides is 1. The zero-order valence-corrected chi connectivity index (χ0v) is 13.2. The minimum absolute atomic E-state index is 0.268. The summed E-state index contributed by atoms with van der Waals surface area (Å²) in [5.41, 5.74) is 0.750. The van der Waals surface area contributed by atoms with Crippen molar-refractivity contribution < 1.29 is 19.7 Å². The standard InChI is InChI=1S/C17H17N3O4/c1-24-14-3-2-13-15(19-14)12(5-9-18-13)4-6-17(23)7-10-20(11-8-17)16(21)22/h2-3,5,9,23H,7-8,10-11H2,1H3,(H,21,22). The van der Waals surface area contributed by atoms with Gasteiger partial charge in [0.2, 0.25) is 5.88 Å². The number of methoxy groups -OCH3 is 1. The summed E-state index contributed by atoms with van der Waals surface area (Å²) in [6.07, 6.45) is 1.23. The molecule has 1 aliphatic rings. The molecule has 0 aliphatic carbocycles. The number of nitrogens with zero attached hydrogens (tertiary/aromatic N) is 3. The molecule has 0 spiro atoms. The molecule has 7 nitrogen and oxygen atoms in total. The maximum absolute atomic E-state index is 10.9. The zero-order valence-electron chi connectivity index (χ0n) is 13.2. The molecule has 1 aliphatic heterocycles. The molecule has 1 saturated heterocycles. The summed E-state index contributed by atoms with van der Waals surface area (Å²) in [6.45, 7) is 0.535. The number of piperidine rings is 1. The SMILES string of the molecule is COc1ccc2nccc(C#CC3(O)CCN(C(=O)O)CC3)c2n1. The number of pyridine rings is 2. The molecular formula is C17H17N3O4. The van der Waals surface area contributed by atoms with Gasteiger partial charge in [0.25, 0.3) is 0 Å². The van der Waals surface area contributed by atoms with Gasteiger partial charge in [-0.15, -0.1) is 0 Å². The normalized spacial score (nSPS) is 16.3. The van der Waals surface area contributed by atoms with Gasteiger partial charge in [0, 0.05) is 38.2 Å². The topological polar surface area (TPSA) is 95.8 Å². The molecule has 0 aromatic carbocycles. The Balaban J connectivity index is 1.88. The quantitative estimate of drug-likeness (QED) is 0.771. The lowest BCUT2D eigenvalue weighted by atomic mass is 9.92. The zero-order chi connectivity index (χ0) is 17.2. The predicted octanol–water partition coefficient (Wildman–Crippen LogP) is 1.49. The first-order valence-corrected chi connectivity index (χ1v) is 7.54. The largest absolute Gasteiger partial charge is 0.481 e. The summed E-state index contributed by atoms with van der Waals surface area (Å²) in [6, 6.07) is 5.26.